The highest BCUT2D eigenvalue weighted by atomic mass is 16.6. The van der Waals surface area contributed by atoms with E-state index in [0.717, 1.165) is 31.9 Å². The smallest absolute Gasteiger partial charge is 0.339 e. The van der Waals surface area contributed by atoms with Crippen molar-refractivity contribution in [2.75, 3.05) is 31.5 Å². The number of carbonyl (C=O) groups is 1. The van der Waals surface area contributed by atoms with E-state index < -0.39 is 10.9 Å². The zero-order valence-electron chi connectivity index (χ0n) is 11.6. The van der Waals surface area contributed by atoms with Crippen molar-refractivity contribution in [3.05, 3.63) is 27.9 Å². The van der Waals surface area contributed by atoms with E-state index in [9.17, 15) is 14.9 Å². The van der Waals surface area contributed by atoms with Crippen molar-refractivity contribution in [3.63, 3.8) is 0 Å². The van der Waals surface area contributed by atoms with Gasteiger partial charge in [0.15, 0.2) is 0 Å². The first kappa shape index (κ1) is 15.2. The predicted molar refractivity (Wildman–Crippen MR) is 76.6 cm³/mol. The number of hydrogen-bond acceptors (Lipinski definition) is 6. The zero-order valence-corrected chi connectivity index (χ0v) is 11.6. The summed E-state index contributed by atoms with van der Waals surface area (Å²) in [5.41, 5.74) is -0.503. The molecule has 114 valence electrons. The van der Waals surface area contributed by atoms with E-state index in [1.165, 1.54) is 19.3 Å². The number of nitro groups is 1. The molecule has 1 aliphatic heterocycles. The second kappa shape index (κ2) is 6.98. The molecule has 2 N–H and O–H groups in total. The van der Waals surface area contributed by atoms with Crippen LogP contribution in [0.1, 0.15) is 29.6 Å². The minimum absolute atomic E-state index is 0.171. The Hall–Kier alpha value is -2.22. The summed E-state index contributed by atoms with van der Waals surface area (Å²) in [7, 11) is 0. The molecule has 0 unspecified atom stereocenters. The molecule has 1 fully saturated rings. The van der Waals surface area contributed by atoms with Gasteiger partial charge in [0.2, 0.25) is 0 Å². The second-order valence-corrected chi connectivity index (χ2v) is 4.98. The molecule has 2 heterocycles. The van der Waals surface area contributed by atoms with Gasteiger partial charge < -0.3 is 15.3 Å². The maximum Gasteiger partial charge on any atom is 0.339 e. The van der Waals surface area contributed by atoms with Crippen molar-refractivity contribution in [2.24, 2.45) is 0 Å². The predicted octanol–water partition coefficient (Wildman–Crippen LogP) is 1.59. The van der Waals surface area contributed by atoms with Gasteiger partial charge in [0.25, 0.3) is 5.69 Å². The largest absolute Gasteiger partial charge is 0.478 e. The van der Waals surface area contributed by atoms with Crippen molar-refractivity contribution in [1.29, 1.82) is 0 Å². The second-order valence-electron chi connectivity index (χ2n) is 4.98. The fourth-order valence-corrected chi connectivity index (χ4v) is 2.37. The molecule has 0 atom stereocenters. The normalized spacial score (nSPS) is 15.6. The molecular weight excluding hydrogens is 276 g/mol. The molecule has 0 bridgehead atoms. The van der Waals surface area contributed by atoms with Gasteiger partial charge in [-0.15, -0.1) is 0 Å². The number of nitrogens with zero attached hydrogens (tertiary/aromatic N) is 3. The molecule has 21 heavy (non-hydrogen) atoms. The highest BCUT2D eigenvalue weighted by Crippen LogP contribution is 2.19. The maximum absolute atomic E-state index is 11.1. The van der Waals surface area contributed by atoms with Crippen LogP contribution >= 0.6 is 0 Å². The van der Waals surface area contributed by atoms with Crippen LogP contribution in [0.2, 0.25) is 0 Å². The highest BCUT2D eigenvalue weighted by molar-refractivity contribution is 5.93. The van der Waals surface area contributed by atoms with Gasteiger partial charge in [-0.2, -0.15) is 0 Å². The number of piperidine rings is 1. The summed E-state index contributed by atoms with van der Waals surface area (Å²) in [5, 5.41) is 22.7. The van der Waals surface area contributed by atoms with Gasteiger partial charge in [-0.3, -0.25) is 10.1 Å². The van der Waals surface area contributed by atoms with Crippen LogP contribution in [0.3, 0.4) is 0 Å². The minimum atomic E-state index is -1.23. The Kier molecular flexibility index (Phi) is 5.04. The Labute approximate surface area is 121 Å². The first-order chi connectivity index (χ1) is 10.1. The SMILES string of the molecule is O=C(O)c1cc([N+](=O)[O-])cnc1NCCN1CCCCC1. The number of anilines is 1. The van der Waals surface area contributed by atoms with Gasteiger partial charge in [-0.25, -0.2) is 9.78 Å². The van der Waals surface area contributed by atoms with Crippen molar-refractivity contribution in [1.82, 2.24) is 9.88 Å². The third-order valence-corrected chi connectivity index (χ3v) is 3.48. The lowest BCUT2D eigenvalue weighted by atomic mass is 10.1. The Balaban J connectivity index is 1.98. The van der Waals surface area contributed by atoms with E-state index in [0.29, 0.717) is 6.54 Å². The molecule has 1 saturated heterocycles. The Morgan fingerprint density at radius 2 is 2.14 bits per heavy atom. The Bertz CT molecular complexity index is 529. The molecule has 0 radical (unpaired) electrons. The number of aromatic carboxylic acids is 1. The number of likely N-dealkylation sites (tertiary alicyclic amines) is 1. The van der Waals surface area contributed by atoms with Gasteiger partial charge in [-0.1, -0.05) is 6.42 Å². The fraction of sp³-hybridized carbons (Fsp3) is 0.538. The Morgan fingerprint density at radius 3 is 2.76 bits per heavy atom. The first-order valence-electron chi connectivity index (χ1n) is 6.92. The molecule has 0 aliphatic carbocycles. The average molecular weight is 294 g/mol. The van der Waals surface area contributed by atoms with E-state index in [-0.39, 0.29) is 17.1 Å². The lowest BCUT2D eigenvalue weighted by Gasteiger charge is -2.26. The minimum Gasteiger partial charge on any atom is -0.478 e. The van der Waals surface area contributed by atoms with Crippen LogP contribution in [0.5, 0.6) is 0 Å². The molecule has 2 rings (SSSR count). The summed E-state index contributed by atoms with van der Waals surface area (Å²) >= 11 is 0. The molecular formula is C13H18N4O4. The molecule has 0 amide bonds. The van der Waals surface area contributed by atoms with Crippen molar-refractivity contribution >= 4 is 17.5 Å². The molecule has 0 saturated carbocycles. The van der Waals surface area contributed by atoms with Crippen molar-refractivity contribution in [2.45, 2.75) is 19.3 Å². The average Bonchev–Trinajstić information content (AvgIpc) is 2.48. The maximum atomic E-state index is 11.1. The number of carboxylic acids is 1. The number of rotatable bonds is 6. The molecule has 8 heteroatoms. The summed E-state index contributed by atoms with van der Waals surface area (Å²) < 4.78 is 0. The van der Waals surface area contributed by atoms with Gasteiger partial charge in [0, 0.05) is 19.2 Å². The summed E-state index contributed by atoms with van der Waals surface area (Å²) in [6.07, 6.45) is 4.71. The quantitative estimate of drug-likeness (QED) is 0.605. The molecule has 1 aromatic rings. The summed E-state index contributed by atoms with van der Waals surface area (Å²) in [4.78, 5) is 27.3. The van der Waals surface area contributed by atoms with Crippen molar-refractivity contribution < 1.29 is 14.8 Å². The first-order valence-corrected chi connectivity index (χ1v) is 6.92. The van der Waals surface area contributed by atoms with E-state index in [4.69, 9.17) is 5.11 Å². The lowest BCUT2D eigenvalue weighted by molar-refractivity contribution is -0.385. The molecule has 8 nitrogen and oxygen atoms in total. The third-order valence-electron chi connectivity index (χ3n) is 3.48. The standard InChI is InChI=1S/C13H18N4O4/c18-13(19)11-8-10(17(20)21)9-15-12(11)14-4-7-16-5-2-1-3-6-16/h8-9H,1-7H2,(H,14,15)(H,18,19). The third kappa shape index (κ3) is 4.12. The highest BCUT2D eigenvalue weighted by Gasteiger charge is 2.17. The molecule has 0 spiro atoms. The van der Waals surface area contributed by atoms with Crippen LogP contribution in [-0.4, -0.2) is 52.1 Å². The number of nitrogens with one attached hydrogen (secondary N) is 1. The van der Waals surface area contributed by atoms with E-state index in [1.54, 1.807) is 0 Å². The zero-order chi connectivity index (χ0) is 15.2. The van der Waals surface area contributed by atoms with Gasteiger partial charge >= 0.3 is 5.97 Å². The monoisotopic (exact) mass is 294 g/mol. The number of carboxylic acid groups (broad SMARTS) is 1. The Morgan fingerprint density at radius 1 is 1.43 bits per heavy atom. The van der Waals surface area contributed by atoms with E-state index in [1.807, 2.05) is 0 Å². The van der Waals surface area contributed by atoms with Crippen LogP contribution < -0.4 is 5.32 Å². The van der Waals surface area contributed by atoms with Crippen LogP contribution in [0.15, 0.2) is 12.3 Å². The van der Waals surface area contributed by atoms with Crippen LogP contribution in [-0.2, 0) is 0 Å². The summed E-state index contributed by atoms with van der Waals surface area (Å²) in [6, 6.07) is 1.03. The van der Waals surface area contributed by atoms with Crippen molar-refractivity contribution in [3.8, 4) is 0 Å². The van der Waals surface area contributed by atoms with E-state index in [2.05, 4.69) is 15.2 Å². The number of hydrogen-bond donors (Lipinski definition) is 2. The topological polar surface area (TPSA) is 109 Å². The van der Waals surface area contributed by atoms with Crippen LogP contribution in [0, 0.1) is 10.1 Å². The molecule has 0 aromatic carbocycles. The summed E-state index contributed by atoms with van der Waals surface area (Å²) in [5.74, 6) is -1.06. The molecule has 1 aromatic heterocycles. The summed E-state index contributed by atoms with van der Waals surface area (Å²) in [6.45, 7) is 3.48. The number of aromatic nitrogens is 1. The molecule has 1 aliphatic rings. The van der Waals surface area contributed by atoms with Crippen LogP contribution in [0.25, 0.3) is 0 Å². The fourth-order valence-electron chi connectivity index (χ4n) is 2.37. The number of pyridine rings is 1. The van der Waals surface area contributed by atoms with Crippen LogP contribution in [0.4, 0.5) is 11.5 Å². The van der Waals surface area contributed by atoms with E-state index >= 15 is 0 Å². The lowest BCUT2D eigenvalue weighted by Crippen LogP contribution is -2.34. The van der Waals surface area contributed by atoms with Gasteiger partial charge in [0.1, 0.15) is 17.6 Å². The van der Waals surface area contributed by atoms with Gasteiger partial charge in [0.05, 0.1) is 4.92 Å². The van der Waals surface area contributed by atoms with Gasteiger partial charge in [-0.05, 0) is 25.9 Å².